The van der Waals surface area contributed by atoms with Crippen molar-refractivity contribution >= 4 is 5.69 Å². The molecule has 1 aliphatic carbocycles. The van der Waals surface area contributed by atoms with Gasteiger partial charge in [-0.2, -0.15) is 0 Å². The summed E-state index contributed by atoms with van der Waals surface area (Å²) in [6.45, 7) is 3.07. The molecule has 0 amide bonds. The van der Waals surface area contributed by atoms with Crippen LogP contribution in [-0.2, 0) is 0 Å². The van der Waals surface area contributed by atoms with E-state index in [0.717, 1.165) is 31.9 Å². The maximum Gasteiger partial charge on any atom is 0.313 e. The molecule has 1 aromatic carbocycles. The number of halogens is 1. The van der Waals surface area contributed by atoms with Gasteiger partial charge in [-0.25, -0.2) is 4.39 Å². The van der Waals surface area contributed by atoms with E-state index >= 15 is 0 Å². The Morgan fingerprint density at radius 2 is 2.26 bits per heavy atom. The molecule has 0 bridgehead atoms. The van der Waals surface area contributed by atoms with Gasteiger partial charge in [0, 0.05) is 6.04 Å². The fraction of sp³-hybridized carbons (Fsp3) is 0.538. The van der Waals surface area contributed by atoms with Gasteiger partial charge >= 0.3 is 5.69 Å². The third-order valence-corrected chi connectivity index (χ3v) is 3.19. The lowest BCUT2D eigenvalue weighted by atomic mass is 9.89. The minimum atomic E-state index is -0.629. The molecule has 19 heavy (non-hydrogen) atoms. The van der Waals surface area contributed by atoms with Crippen molar-refractivity contribution < 1.29 is 14.1 Å². The Kier molecular flexibility index (Phi) is 4.31. The predicted molar refractivity (Wildman–Crippen MR) is 68.8 cm³/mol. The Balaban J connectivity index is 1.92. The first kappa shape index (κ1) is 13.7. The monoisotopic (exact) mass is 268 g/mol. The second-order valence-corrected chi connectivity index (χ2v) is 4.73. The van der Waals surface area contributed by atoms with Crippen LogP contribution in [0.25, 0.3) is 0 Å². The average molecular weight is 268 g/mol. The zero-order chi connectivity index (χ0) is 13.8. The summed E-state index contributed by atoms with van der Waals surface area (Å²) in [5, 5.41) is 14.2. The van der Waals surface area contributed by atoms with Gasteiger partial charge in [-0.05, 0) is 37.9 Å². The third-order valence-electron chi connectivity index (χ3n) is 3.19. The van der Waals surface area contributed by atoms with E-state index in [1.165, 1.54) is 12.1 Å². The Bertz CT molecular complexity index is 461. The van der Waals surface area contributed by atoms with Crippen molar-refractivity contribution in [1.82, 2.24) is 5.32 Å². The quantitative estimate of drug-likeness (QED) is 0.636. The van der Waals surface area contributed by atoms with Gasteiger partial charge in [-0.1, -0.05) is 6.92 Å². The summed E-state index contributed by atoms with van der Waals surface area (Å²) in [6, 6.07) is 3.80. The summed E-state index contributed by atoms with van der Waals surface area (Å²) in [5.41, 5.74) is -0.315. The lowest BCUT2D eigenvalue weighted by molar-refractivity contribution is -0.386. The van der Waals surface area contributed by atoms with Gasteiger partial charge in [0.1, 0.15) is 11.9 Å². The van der Waals surface area contributed by atoms with Gasteiger partial charge in [0.05, 0.1) is 11.0 Å². The molecule has 6 heteroatoms. The minimum absolute atomic E-state index is 0.0292. The van der Waals surface area contributed by atoms with Crippen LogP contribution in [0.3, 0.4) is 0 Å². The minimum Gasteiger partial charge on any atom is -0.483 e. The van der Waals surface area contributed by atoms with Crippen molar-refractivity contribution in [2.45, 2.75) is 38.3 Å². The number of nitrogens with zero attached hydrogens (tertiary/aromatic N) is 1. The molecule has 0 spiro atoms. The van der Waals surface area contributed by atoms with E-state index in [-0.39, 0.29) is 17.5 Å². The average Bonchev–Trinajstić information content (AvgIpc) is 2.33. The topological polar surface area (TPSA) is 64.4 Å². The normalized spacial score (nSPS) is 21.8. The van der Waals surface area contributed by atoms with Gasteiger partial charge in [-0.3, -0.25) is 10.1 Å². The maximum atomic E-state index is 13.0. The van der Waals surface area contributed by atoms with E-state index in [2.05, 4.69) is 12.2 Å². The highest BCUT2D eigenvalue weighted by molar-refractivity contribution is 5.46. The molecule has 1 N–H and O–H groups in total. The van der Waals surface area contributed by atoms with E-state index in [0.29, 0.717) is 6.04 Å². The zero-order valence-corrected chi connectivity index (χ0v) is 10.8. The van der Waals surface area contributed by atoms with E-state index in [1.54, 1.807) is 0 Å². The fourth-order valence-corrected chi connectivity index (χ4v) is 2.09. The zero-order valence-electron chi connectivity index (χ0n) is 10.8. The second-order valence-electron chi connectivity index (χ2n) is 4.73. The molecular formula is C13H17FN2O3. The Morgan fingerprint density at radius 3 is 2.89 bits per heavy atom. The molecule has 0 aliphatic heterocycles. The number of hydrogen-bond donors (Lipinski definition) is 1. The number of rotatable bonds is 6. The highest BCUT2D eigenvalue weighted by Gasteiger charge is 2.32. The van der Waals surface area contributed by atoms with Crippen LogP contribution in [0, 0.1) is 15.9 Å². The SMILES string of the molecule is CCCNC1CC(Oc2ccc(F)cc2[N+](=O)[O-])C1. The summed E-state index contributed by atoms with van der Waals surface area (Å²) in [6.07, 6.45) is 2.70. The molecule has 0 aromatic heterocycles. The van der Waals surface area contributed by atoms with Crippen molar-refractivity contribution in [2.24, 2.45) is 0 Å². The van der Waals surface area contributed by atoms with Crippen LogP contribution >= 0.6 is 0 Å². The number of nitro benzene ring substituents is 1. The van der Waals surface area contributed by atoms with E-state index < -0.39 is 10.7 Å². The molecule has 5 nitrogen and oxygen atoms in total. The van der Waals surface area contributed by atoms with Crippen LogP contribution in [0.5, 0.6) is 5.75 Å². The number of hydrogen-bond acceptors (Lipinski definition) is 4. The summed E-state index contributed by atoms with van der Waals surface area (Å²) in [7, 11) is 0. The number of benzene rings is 1. The summed E-state index contributed by atoms with van der Waals surface area (Å²) >= 11 is 0. The molecule has 0 heterocycles. The number of nitro groups is 1. The molecule has 1 fully saturated rings. The Morgan fingerprint density at radius 1 is 1.53 bits per heavy atom. The molecule has 1 aliphatic rings. The van der Waals surface area contributed by atoms with Crippen molar-refractivity contribution in [3.05, 3.63) is 34.1 Å². The van der Waals surface area contributed by atoms with E-state index in [1.807, 2.05) is 0 Å². The van der Waals surface area contributed by atoms with Crippen molar-refractivity contribution in [2.75, 3.05) is 6.54 Å². The summed E-state index contributed by atoms with van der Waals surface area (Å²) in [4.78, 5) is 10.2. The summed E-state index contributed by atoms with van der Waals surface area (Å²) < 4.78 is 18.5. The number of ether oxygens (including phenoxy) is 1. The highest BCUT2D eigenvalue weighted by Crippen LogP contribution is 2.32. The lowest BCUT2D eigenvalue weighted by Gasteiger charge is -2.35. The van der Waals surface area contributed by atoms with Crippen molar-refractivity contribution in [1.29, 1.82) is 0 Å². The fourth-order valence-electron chi connectivity index (χ4n) is 2.09. The van der Waals surface area contributed by atoms with E-state index in [4.69, 9.17) is 4.74 Å². The van der Waals surface area contributed by atoms with Gasteiger partial charge in [0.15, 0.2) is 5.75 Å². The molecule has 0 unspecified atom stereocenters. The molecule has 1 saturated carbocycles. The van der Waals surface area contributed by atoms with Crippen molar-refractivity contribution in [3.8, 4) is 5.75 Å². The largest absolute Gasteiger partial charge is 0.483 e. The lowest BCUT2D eigenvalue weighted by Crippen LogP contribution is -2.47. The van der Waals surface area contributed by atoms with Crippen LogP contribution in [0.4, 0.5) is 10.1 Å². The molecule has 0 radical (unpaired) electrons. The van der Waals surface area contributed by atoms with Crippen LogP contribution < -0.4 is 10.1 Å². The van der Waals surface area contributed by atoms with Gasteiger partial charge in [0.25, 0.3) is 0 Å². The Labute approximate surface area is 110 Å². The standard InChI is InChI=1S/C13H17FN2O3/c1-2-5-15-10-7-11(8-10)19-13-4-3-9(14)6-12(13)16(17)18/h3-4,6,10-11,15H,2,5,7-8H2,1H3. The van der Waals surface area contributed by atoms with Crippen LogP contribution in [0.2, 0.25) is 0 Å². The molecule has 0 saturated heterocycles. The maximum absolute atomic E-state index is 13.0. The number of nitrogens with one attached hydrogen (secondary N) is 1. The molecular weight excluding hydrogens is 251 g/mol. The molecule has 2 rings (SSSR count). The highest BCUT2D eigenvalue weighted by atomic mass is 19.1. The first-order valence-electron chi connectivity index (χ1n) is 6.44. The van der Waals surface area contributed by atoms with Gasteiger partial charge < -0.3 is 10.1 Å². The van der Waals surface area contributed by atoms with Gasteiger partial charge in [0.2, 0.25) is 0 Å². The first-order chi connectivity index (χ1) is 9.10. The van der Waals surface area contributed by atoms with Gasteiger partial charge in [-0.15, -0.1) is 0 Å². The second kappa shape index (κ2) is 5.97. The van der Waals surface area contributed by atoms with Crippen molar-refractivity contribution in [3.63, 3.8) is 0 Å². The van der Waals surface area contributed by atoms with Crippen LogP contribution in [0.1, 0.15) is 26.2 Å². The first-order valence-corrected chi connectivity index (χ1v) is 6.44. The molecule has 0 atom stereocenters. The summed E-state index contributed by atoms with van der Waals surface area (Å²) in [5.74, 6) is -0.486. The van der Waals surface area contributed by atoms with Crippen LogP contribution in [-0.4, -0.2) is 23.6 Å². The molecule has 1 aromatic rings. The van der Waals surface area contributed by atoms with Crippen LogP contribution in [0.15, 0.2) is 18.2 Å². The van der Waals surface area contributed by atoms with E-state index in [9.17, 15) is 14.5 Å². The predicted octanol–water partition coefficient (Wildman–Crippen LogP) is 2.64. The smallest absolute Gasteiger partial charge is 0.313 e. The third kappa shape index (κ3) is 3.41. The molecule has 104 valence electrons. The Hall–Kier alpha value is -1.69.